The third-order valence-electron chi connectivity index (χ3n) is 3.30. The second kappa shape index (κ2) is 5.19. The highest BCUT2D eigenvalue weighted by Gasteiger charge is 2.29. The largest absolute Gasteiger partial charge is 0.481 e. The minimum absolute atomic E-state index is 0. The number of rotatable bonds is 2. The summed E-state index contributed by atoms with van der Waals surface area (Å²) in [6.45, 7) is 2.01. The van der Waals surface area contributed by atoms with Gasteiger partial charge in [0.1, 0.15) is 5.82 Å². The van der Waals surface area contributed by atoms with Gasteiger partial charge in [0, 0.05) is 24.4 Å². The zero-order valence-corrected chi connectivity index (χ0v) is 10.8. The molecule has 1 aliphatic heterocycles. The van der Waals surface area contributed by atoms with Crippen LogP contribution in [-0.4, -0.2) is 30.2 Å². The zero-order valence-electron chi connectivity index (χ0n) is 10.0. The summed E-state index contributed by atoms with van der Waals surface area (Å²) in [5.41, 5.74) is 2.40. The number of fused-ring (bicyclic) bond motifs is 1. The van der Waals surface area contributed by atoms with Gasteiger partial charge in [-0.15, -0.1) is 12.4 Å². The van der Waals surface area contributed by atoms with E-state index in [2.05, 4.69) is 10.3 Å². The monoisotopic (exact) mass is 255 g/mol. The number of hydrogen-bond donors (Lipinski definition) is 1. The molecule has 0 aromatic carbocycles. The summed E-state index contributed by atoms with van der Waals surface area (Å²) in [4.78, 5) is 9.26. The molecule has 1 aliphatic carbocycles. The summed E-state index contributed by atoms with van der Waals surface area (Å²) in [5.74, 6) is 2.39. The minimum Gasteiger partial charge on any atom is -0.481 e. The van der Waals surface area contributed by atoms with Crippen molar-refractivity contribution in [3.63, 3.8) is 0 Å². The molecule has 17 heavy (non-hydrogen) atoms. The topological polar surface area (TPSA) is 47.0 Å². The van der Waals surface area contributed by atoms with Gasteiger partial charge in [-0.05, 0) is 25.8 Å². The average molecular weight is 256 g/mol. The molecule has 4 nitrogen and oxygen atoms in total. The lowest BCUT2D eigenvalue weighted by Crippen LogP contribution is -2.16. The van der Waals surface area contributed by atoms with Crippen LogP contribution in [0.2, 0.25) is 0 Å². The minimum atomic E-state index is 0. The van der Waals surface area contributed by atoms with Crippen LogP contribution in [0.15, 0.2) is 0 Å². The Morgan fingerprint density at radius 1 is 1.18 bits per heavy atom. The first-order valence-corrected chi connectivity index (χ1v) is 6.03. The van der Waals surface area contributed by atoms with Crippen molar-refractivity contribution in [3.05, 3.63) is 17.1 Å². The predicted molar refractivity (Wildman–Crippen MR) is 68.1 cm³/mol. The molecule has 1 aromatic rings. The van der Waals surface area contributed by atoms with Crippen LogP contribution in [0.1, 0.15) is 35.8 Å². The molecule has 5 heteroatoms. The maximum atomic E-state index is 5.41. The molecular weight excluding hydrogens is 238 g/mol. The van der Waals surface area contributed by atoms with Crippen LogP contribution in [0.25, 0.3) is 0 Å². The van der Waals surface area contributed by atoms with E-state index < -0.39 is 0 Å². The van der Waals surface area contributed by atoms with Crippen molar-refractivity contribution in [2.75, 3.05) is 20.2 Å². The summed E-state index contributed by atoms with van der Waals surface area (Å²) in [6, 6.07) is 0. The molecule has 0 spiro atoms. The number of hydrogen-bond acceptors (Lipinski definition) is 4. The Balaban J connectivity index is 0.00000108. The third kappa shape index (κ3) is 2.53. The van der Waals surface area contributed by atoms with Crippen molar-refractivity contribution < 1.29 is 4.74 Å². The van der Waals surface area contributed by atoms with Crippen molar-refractivity contribution >= 4 is 12.4 Å². The lowest BCUT2D eigenvalue weighted by Gasteiger charge is -2.11. The fraction of sp³-hybridized carbons (Fsp3) is 0.667. The Labute approximate surface area is 108 Å². The van der Waals surface area contributed by atoms with Crippen LogP contribution in [0, 0.1) is 0 Å². The smallest absolute Gasteiger partial charge is 0.219 e. The van der Waals surface area contributed by atoms with Crippen molar-refractivity contribution in [2.45, 2.75) is 31.6 Å². The number of nitrogens with zero attached hydrogens (tertiary/aromatic N) is 2. The van der Waals surface area contributed by atoms with Gasteiger partial charge in [-0.25, -0.2) is 4.98 Å². The Morgan fingerprint density at radius 3 is 2.65 bits per heavy atom. The second-order valence-electron chi connectivity index (χ2n) is 4.54. The first-order valence-electron chi connectivity index (χ1n) is 6.03. The SMILES string of the molecule is COc1nc(C2CC2)nc2c1CCNCC2.Cl. The van der Waals surface area contributed by atoms with E-state index in [-0.39, 0.29) is 12.4 Å². The standard InChI is InChI=1S/C12H17N3O.ClH/c1-16-12-9-4-6-13-7-5-10(9)14-11(15-12)8-2-3-8;/h8,13H,2-7H2,1H3;1H. The molecule has 0 unspecified atom stereocenters. The van der Waals surface area contributed by atoms with Gasteiger partial charge >= 0.3 is 0 Å². The first-order chi connectivity index (χ1) is 7.88. The van der Waals surface area contributed by atoms with Crippen molar-refractivity contribution in [3.8, 4) is 5.88 Å². The summed E-state index contributed by atoms with van der Waals surface area (Å²) >= 11 is 0. The molecule has 3 rings (SSSR count). The highest BCUT2D eigenvalue weighted by atomic mass is 35.5. The van der Waals surface area contributed by atoms with Crippen molar-refractivity contribution in [2.24, 2.45) is 0 Å². The van der Waals surface area contributed by atoms with E-state index >= 15 is 0 Å². The Morgan fingerprint density at radius 2 is 1.94 bits per heavy atom. The predicted octanol–water partition coefficient (Wildman–Crippen LogP) is 1.47. The van der Waals surface area contributed by atoms with E-state index in [0.29, 0.717) is 5.92 Å². The van der Waals surface area contributed by atoms with Gasteiger partial charge < -0.3 is 10.1 Å². The number of aromatic nitrogens is 2. The molecule has 0 atom stereocenters. The first kappa shape index (κ1) is 12.6. The lowest BCUT2D eigenvalue weighted by molar-refractivity contribution is 0.388. The van der Waals surface area contributed by atoms with E-state index in [9.17, 15) is 0 Å². The summed E-state index contributed by atoms with van der Waals surface area (Å²) in [5, 5.41) is 3.39. The number of halogens is 1. The van der Waals surface area contributed by atoms with E-state index in [1.165, 1.54) is 24.1 Å². The summed E-state index contributed by atoms with van der Waals surface area (Å²) < 4.78 is 5.41. The van der Waals surface area contributed by atoms with Crippen LogP contribution < -0.4 is 10.1 Å². The van der Waals surface area contributed by atoms with Gasteiger partial charge in [0.05, 0.1) is 12.8 Å². The van der Waals surface area contributed by atoms with E-state index in [0.717, 1.165) is 37.6 Å². The molecule has 2 heterocycles. The molecule has 0 amide bonds. The summed E-state index contributed by atoms with van der Waals surface area (Å²) in [6.07, 6.45) is 4.44. The quantitative estimate of drug-likeness (QED) is 0.870. The molecular formula is C12H18ClN3O. The molecule has 94 valence electrons. The highest BCUT2D eigenvalue weighted by molar-refractivity contribution is 5.85. The zero-order chi connectivity index (χ0) is 11.0. The summed E-state index contributed by atoms with van der Waals surface area (Å²) in [7, 11) is 1.71. The third-order valence-corrected chi connectivity index (χ3v) is 3.30. The van der Waals surface area contributed by atoms with Gasteiger partial charge in [0.25, 0.3) is 0 Å². The van der Waals surface area contributed by atoms with Gasteiger partial charge in [0.15, 0.2) is 0 Å². The Kier molecular flexibility index (Phi) is 3.84. The maximum absolute atomic E-state index is 5.41. The Hall–Kier alpha value is -0.870. The van der Waals surface area contributed by atoms with Crippen molar-refractivity contribution in [1.29, 1.82) is 0 Å². The molecule has 1 saturated carbocycles. The van der Waals surface area contributed by atoms with Crippen LogP contribution in [0.3, 0.4) is 0 Å². The van der Waals surface area contributed by atoms with Crippen LogP contribution >= 0.6 is 12.4 Å². The molecule has 0 bridgehead atoms. The van der Waals surface area contributed by atoms with E-state index in [1.54, 1.807) is 7.11 Å². The normalized spacial score (nSPS) is 18.9. The molecule has 0 radical (unpaired) electrons. The van der Waals surface area contributed by atoms with Crippen LogP contribution in [0.4, 0.5) is 0 Å². The number of nitrogens with one attached hydrogen (secondary N) is 1. The molecule has 1 fully saturated rings. The number of ether oxygens (including phenoxy) is 1. The Bertz CT molecular complexity index is 407. The molecule has 1 N–H and O–H groups in total. The van der Waals surface area contributed by atoms with Crippen LogP contribution in [0.5, 0.6) is 5.88 Å². The van der Waals surface area contributed by atoms with Gasteiger partial charge in [-0.1, -0.05) is 0 Å². The highest BCUT2D eigenvalue weighted by Crippen LogP contribution is 2.39. The van der Waals surface area contributed by atoms with Crippen molar-refractivity contribution in [1.82, 2.24) is 15.3 Å². The van der Waals surface area contributed by atoms with Gasteiger partial charge in [-0.3, -0.25) is 0 Å². The maximum Gasteiger partial charge on any atom is 0.219 e. The van der Waals surface area contributed by atoms with Gasteiger partial charge in [-0.2, -0.15) is 4.98 Å². The fourth-order valence-corrected chi connectivity index (χ4v) is 2.22. The van der Waals surface area contributed by atoms with E-state index in [4.69, 9.17) is 9.72 Å². The van der Waals surface area contributed by atoms with Gasteiger partial charge in [0.2, 0.25) is 5.88 Å². The second-order valence-corrected chi connectivity index (χ2v) is 4.54. The average Bonchev–Trinajstić information content (AvgIpc) is 3.13. The van der Waals surface area contributed by atoms with E-state index in [1.807, 2.05) is 0 Å². The number of methoxy groups -OCH3 is 1. The molecule has 0 saturated heterocycles. The fourth-order valence-electron chi connectivity index (χ4n) is 2.22. The van der Waals surface area contributed by atoms with Crippen LogP contribution in [-0.2, 0) is 12.8 Å². The lowest BCUT2D eigenvalue weighted by atomic mass is 10.1. The molecule has 1 aromatic heterocycles. The molecule has 2 aliphatic rings.